The van der Waals surface area contributed by atoms with E-state index in [9.17, 15) is 0 Å². The van der Waals surface area contributed by atoms with Crippen LogP contribution >= 0.6 is 0 Å². The molecule has 1 aromatic carbocycles. The van der Waals surface area contributed by atoms with Gasteiger partial charge in [-0.1, -0.05) is 18.2 Å². The topological polar surface area (TPSA) is 50.3 Å². The molecule has 0 amide bonds. The molecule has 0 saturated carbocycles. The highest BCUT2D eigenvalue weighted by Crippen LogP contribution is 2.30. The summed E-state index contributed by atoms with van der Waals surface area (Å²) in [5.74, 6) is 2.48. The van der Waals surface area contributed by atoms with Crippen molar-refractivity contribution in [1.82, 2.24) is 9.97 Å². The minimum atomic E-state index is 0.448. The molecule has 3 heterocycles. The van der Waals surface area contributed by atoms with Crippen LogP contribution in [-0.4, -0.2) is 35.8 Å². The summed E-state index contributed by atoms with van der Waals surface area (Å²) in [4.78, 5) is 11.2. The monoisotopic (exact) mass is 310 g/mol. The quantitative estimate of drug-likeness (QED) is 0.943. The van der Waals surface area contributed by atoms with Crippen LogP contribution in [0.3, 0.4) is 0 Å². The van der Waals surface area contributed by atoms with Crippen LogP contribution in [0.25, 0.3) is 0 Å². The second-order valence-corrected chi connectivity index (χ2v) is 6.30. The van der Waals surface area contributed by atoms with E-state index in [4.69, 9.17) is 4.74 Å². The molecule has 0 aliphatic carbocycles. The molecule has 2 aliphatic heterocycles. The van der Waals surface area contributed by atoms with Gasteiger partial charge in [0.25, 0.3) is 0 Å². The van der Waals surface area contributed by atoms with Gasteiger partial charge in [0, 0.05) is 37.4 Å². The van der Waals surface area contributed by atoms with Gasteiger partial charge in [0.15, 0.2) is 0 Å². The minimum absolute atomic E-state index is 0.448. The number of ether oxygens (including phenoxy) is 1. The van der Waals surface area contributed by atoms with Gasteiger partial charge in [0.2, 0.25) is 0 Å². The Labute approximate surface area is 136 Å². The fourth-order valence-corrected chi connectivity index (χ4v) is 3.55. The highest BCUT2D eigenvalue weighted by atomic mass is 16.5. The van der Waals surface area contributed by atoms with Crippen LogP contribution in [0.4, 0.5) is 17.3 Å². The first-order valence-electron chi connectivity index (χ1n) is 8.39. The second-order valence-electron chi connectivity index (χ2n) is 6.30. The molecule has 120 valence electrons. The molecule has 0 radical (unpaired) electrons. The van der Waals surface area contributed by atoms with Crippen molar-refractivity contribution in [3.63, 3.8) is 0 Å². The lowest BCUT2D eigenvalue weighted by Crippen LogP contribution is -2.46. The van der Waals surface area contributed by atoms with Gasteiger partial charge in [0.1, 0.15) is 18.0 Å². The highest BCUT2D eigenvalue weighted by molar-refractivity contribution is 5.59. The summed E-state index contributed by atoms with van der Waals surface area (Å²) in [5.41, 5.74) is 1.04. The first kappa shape index (κ1) is 14.5. The molecule has 2 saturated heterocycles. The molecule has 4 rings (SSSR count). The van der Waals surface area contributed by atoms with Crippen LogP contribution in [0.15, 0.2) is 42.7 Å². The Balaban J connectivity index is 1.48. The van der Waals surface area contributed by atoms with E-state index in [1.165, 1.54) is 12.8 Å². The Morgan fingerprint density at radius 2 is 2.04 bits per heavy atom. The SMILES string of the molecule is c1ccc(Nc2cc(N3CCC4OCCCC4C3)ncn2)cc1. The molecule has 0 bridgehead atoms. The zero-order valence-electron chi connectivity index (χ0n) is 13.2. The van der Waals surface area contributed by atoms with Crippen LogP contribution in [0.5, 0.6) is 0 Å². The molecule has 5 nitrogen and oxygen atoms in total. The molecule has 1 aromatic heterocycles. The van der Waals surface area contributed by atoms with E-state index in [0.717, 1.165) is 43.4 Å². The summed E-state index contributed by atoms with van der Waals surface area (Å²) in [7, 11) is 0. The van der Waals surface area contributed by atoms with Crippen LogP contribution in [-0.2, 0) is 4.74 Å². The zero-order valence-corrected chi connectivity index (χ0v) is 13.2. The van der Waals surface area contributed by atoms with E-state index in [1.807, 2.05) is 36.4 Å². The lowest BCUT2D eigenvalue weighted by atomic mass is 9.88. The Bertz CT molecular complexity index is 648. The standard InChI is InChI=1S/C18H22N4O/c1-2-6-15(7-3-1)21-17-11-18(20-13-19-17)22-9-8-16-14(12-22)5-4-10-23-16/h1-3,6-7,11,13-14,16H,4-5,8-10,12H2,(H,19,20,21). The summed E-state index contributed by atoms with van der Waals surface area (Å²) >= 11 is 0. The zero-order chi connectivity index (χ0) is 15.5. The predicted octanol–water partition coefficient (Wildman–Crippen LogP) is 3.23. The van der Waals surface area contributed by atoms with Gasteiger partial charge in [-0.25, -0.2) is 9.97 Å². The third-order valence-corrected chi connectivity index (χ3v) is 4.74. The summed E-state index contributed by atoms with van der Waals surface area (Å²) in [6.07, 6.45) is 5.63. The number of hydrogen-bond donors (Lipinski definition) is 1. The predicted molar refractivity (Wildman–Crippen MR) is 91.1 cm³/mol. The summed E-state index contributed by atoms with van der Waals surface area (Å²) in [5, 5.41) is 3.34. The highest BCUT2D eigenvalue weighted by Gasteiger charge is 2.32. The van der Waals surface area contributed by atoms with Crippen molar-refractivity contribution < 1.29 is 4.74 Å². The van der Waals surface area contributed by atoms with Crippen LogP contribution in [0, 0.1) is 5.92 Å². The number of anilines is 3. The van der Waals surface area contributed by atoms with E-state index in [0.29, 0.717) is 12.0 Å². The summed E-state index contributed by atoms with van der Waals surface area (Å²) in [6.45, 7) is 2.97. The average molecular weight is 310 g/mol. The van der Waals surface area contributed by atoms with Crippen molar-refractivity contribution >= 4 is 17.3 Å². The molecular weight excluding hydrogens is 288 g/mol. The number of para-hydroxylation sites is 1. The third kappa shape index (κ3) is 3.29. The average Bonchev–Trinajstić information content (AvgIpc) is 2.62. The van der Waals surface area contributed by atoms with Gasteiger partial charge in [-0.15, -0.1) is 0 Å². The molecule has 2 unspecified atom stereocenters. The van der Waals surface area contributed by atoms with Gasteiger partial charge in [-0.2, -0.15) is 0 Å². The lowest BCUT2D eigenvalue weighted by molar-refractivity contribution is -0.0358. The maximum Gasteiger partial charge on any atom is 0.135 e. The molecule has 23 heavy (non-hydrogen) atoms. The Morgan fingerprint density at radius 1 is 1.13 bits per heavy atom. The number of aromatic nitrogens is 2. The van der Waals surface area contributed by atoms with E-state index < -0.39 is 0 Å². The van der Waals surface area contributed by atoms with Gasteiger partial charge in [-0.3, -0.25) is 0 Å². The van der Waals surface area contributed by atoms with Gasteiger partial charge < -0.3 is 15.0 Å². The Kier molecular flexibility index (Phi) is 4.11. The molecule has 2 aliphatic rings. The van der Waals surface area contributed by atoms with E-state index in [1.54, 1.807) is 6.33 Å². The lowest BCUT2D eigenvalue weighted by Gasteiger charge is -2.41. The number of nitrogens with zero attached hydrogens (tertiary/aromatic N) is 3. The third-order valence-electron chi connectivity index (χ3n) is 4.74. The Morgan fingerprint density at radius 3 is 2.96 bits per heavy atom. The fraction of sp³-hybridized carbons (Fsp3) is 0.444. The minimum Gasteiger partial charge on any atom is -0.378 e. The van der Waals surface area contributed by atoms with E-state index in [-0.39, 0.29) is 0 Å². The molecule has 2 fully saturated rings. The van der Waals surface area contributed by atoms with Gasteiger partial charge in [0.05, 0.1) is 6.10 Å². The van der Waals surface area contributed by atoms with Crippen molar-refractivity contribution in [2.75, 3.05) is 29.9 Å². The molecule has 2 aromatic rings. The van der Waals surface area contributed by atoms with Crippen LogP contribution in [0.2, 0.25) is 0 Å². The van der Waals surface area contributed by atoms with Gasteiger partial charge in [-0.05, 0) is 31.4 Å². The number of piperidine rings is 1. The number of benzene rings is 1. The van der Waals surface area contributed by atoms with Crippen molar-refractivity contribution in [2.45, 2.75) is 25.4 Å². The van der Waals surface area contributed by atoms with E-state index >= 15 is 0 Å². The summed E-state index contributed by atoms with van der Waals surface area (Å²) < 4.78 is 5.90. The smallest absolute Gasteiger partial charge is 0.135 e. The van der Waals surface area contributed by atoms with Crippen LogP contribution in [0.1, 0.15) is 19.3 Å². The first-order valence-corrected chi connectivity index (χ1v) is 8.39. The maximum atomic E-state index is 5.90. The van der Waals surface area contributed by atoms with Gasteiger partial charge >= 0.3 is 0 Å². The van der Waals surface area contributed by atoms with E-state index in [2.05, 4.69) is 20.2 Å². The van der Waals surface area contributed by atoms with Crippen LogP contribution < -0.4 is 10.2 Å². The number of hydrogen-bond acceptors (Lipinski definition) is 5. The molecule has 2 atom stereocenters. The number of nitrogens with one attached hydrogen (secondary N) is 1. The largest absolute Gasteiger partial charge is 0.378 e. The second kappa shape index (κ2) is 6.54. The normalized spacial score (nSPS) is 24.1. The van der Waals surface area contributed by atoms with Crippen molar-refractivity contribution in [1.29, 1.82) is 0 Å². The molecular formula is C18H22N4O. The maximum absolute atomic E-state index is 5.90. The molecule has 5 heteroatoms. The number of fused-ring (bicyclic) bond motifs is 1. The van der Waals surface area contributed by atoms with Crippen molar-refractivity contribution in [3.8, 4) is 0 Å². The fourth-order valence-electron chi connectivity index (χ4n) is 3.55. The Hall–Kier alpha value is -2.14. The van der Waals surface area contributed by atoms with Crippen molar-refractivity contribution in [3.05, 3.63) is 42.7 Å². The molecule has 1 N–H and O–H groups in total. The number of rotatable bonds is 3. The van der Waals surface area contributed by atoms with Crippen molar-refractivity contribution in [2.24, 2.45) is 5.92 Å². The molecule has 0 spiro atoms. The summed E-state index contributed by atoms with van der Waals surface area (Å²) in [6, 6.07) is 12.1. The first-order chi connectivity index (χ1) is 11.4.